The Balaban J connectivity index is 0.000000574. The minimum Gasteiger partial charge on any atom is -0.306 e. The highest BCUT2D eigenvalue weighted by Gasteiger charge is 2.03. The van der Waals surface area contributed by atoms with E-state index in [-0.39, 0.29) is 0 Å². The summed E-state index contributed by atoms with van der Waals surface area (Å²) in [6.45, 7) is 6.02. The topological polar surface area (TPSA) is 30.2 Å². The lowest BCUT2D eigenvalue weighted by Gasteiger charge is -2.05. The molecule has 0 radical (unpaired) electrons. The van der Waals surface area contributed by atoms with E-state index >= 15 is 0 Å². The fourth-order valence-electron chi connectivity index (χ4n) is 1.87. The molecule has 3 rings (SSSR count). The molecule has 0 unspecified atom stereocenters. The van der Waals surface area contributed by atoms with Crippen LogP contribution in [0.5, 0.6) is 0 Å². The normalized spacial score (nSPS) is 9.94. The molecule has 92 valence electrons. The second-order valence-corrected chi connectivity index (χ2v) is 3.75. The summed E-state index contributed by atoms with van der Waals surface area (Å²) in [5, 5.41) is 0. The molecule has 0 spiro atoms. The van der Waals surface area contributed by atoms with Crippen molar-refractivity contribution in [3.05, 3.63) is 54.7 Å². The van der Waals surface area contributed by atoms with Crippen molar-refractivity contribution in [1.82, 2.24) is 14.4 Å². The van der Waals surface area contributed by atoms with Crippen LogP contribution < -0.4 is 0 Å². The van der Waals surface area contributed by atoms with Crippen molar-refractivity contribution in [1.29, 1.82) is 0 Å². The molecular weight excluding hydrogens is 222 g/mol. The van der Waals surface area contributed by atoms with Crippen LogP contribution >= 0.6 is 0 Å². The van der Waals surface area contributed by atoms with Crippen LogP contribution in [0, 0.1) is 6.92 Å². The summed E-state index contributed by atoms with van der Waals surface area (Å²) in [6, 6.07) is 8.13. The number of fused-ring (bicyclic) bond motifs is 1. The number of hydrogen-bond donors (Lipinski definition) is 0. The van der Waals surface area contributed by atoms with Crippen LogP contribution in [-0.4, -0.2) is 14.4 Å². The van der Waals surface area contributed by atoms with Crippen molar-refractivity contribution in [3.63, 3.8) is 0 Å². The Bertz CT molecular complexity index is 641. The van der Waals surface area contributed by atoms with Gasteiger partial charge in [0.1, 0.15) is 5.65 Å². The molecule has 0 bridgehead atoms. The molecule has 0 aliphatic carbocycles. The molecule has 0 atom stereocenters. The molecular formula is C15H17N3. The van der Waals surface area contributed by atoms with Crippen molar-refractivity contribution < 1.29 is 0 Å². The summed E-state index contributed by atoms with van der Waals surface area (Å²) in [7, 11) is 0. The minimum atomic E-state index is 0.963. The summed E-state index contributed by atoms with van der Waals surface area (Å²) >= 11 is 0. The Kier molecular flexibility index (Phi) is 3.72. The zero-order chi connectivity index (χ0) is 13.0. The average Bonchev–Trinajstić information content (AvgIpc) is 2.89. The second kappa shape index (κ2) is 5.45. The number of nitrogens with zero attached hydrogens (tertiary/aromatic N) is 3. The molecule has 0 aromatic carbocycles. The van der Waals surface area contributed by atoms with Crippen molar-refractivity contribution in [3.8, 4) is 11.1 Å². The molecule has 3 nitrogen and oxygen atoms in total. The van der Waals surface area contributed by atoms with Gasteiger partial charge in [-0.1, -0.05) is 19.9 Å². The van der Waals surface area contributed by atoms with E-state index in [0.29, 0.717) is 0 Å². The Hall–Kier alpha value is -2.16. The van der Waals surface area contributed by atoms with Gasteiger partial charge in [-0.25, -0.2) is 4.98 Å². The molecule has 18 heavy (non-hydrogen) atoms. The first-order valence-corrected chi connectivity index (χ1v) is 6.19. The zero-order valence-electron chi connectivity index (χ0n) is 11.0. The molecule has 3 aromatic heterocycles. The van der Waals surface area contributed by atoms with E-state index in [1.165, 1.54) is 0 Å². The van der Waals surface area contributed by atoms with Gasteiger partial charge in [-0.2, -0.15) is 0 Å². The fraction of sp³-hybridized carbons (Fsp3) is 0.200. The van der Waals surface area contributed by atoms with E-state index in [2.05, 4.69) is 28.3 Å². The molecule has 0 fully saturated rings. The Labute approximate surface area is 107 Å². The number of rotatable bonds is 1. The maximum atomic E-state index is 4.30. The van der Waals surface area contributed by atoms with E-state index in [1.54, 1.807) is 6.20 Å². The predicted octanol–water partition coefficient (Wildman–Crippen LogP) is 3.73. The van der Waals surface area contributed by atoms with Gasteiger partial charge in [-0.05, 0) is 25.1 Å². The summed E-state index contributed by atoms with van der Waals surface area (Å²) < 4.78 is 2.02. The van der Waals surface area contributed by atoms with Gasteiger partial charge < -0.3 is 4.40 Å². The monoisotopic (exact) mass is 239 g/mol. The number of pyridine rings is 2. The van der Waals surface area contributed by atoms with Crippen LogP contribution in [0.2, 0.25) is 0 Å². The molecule has 0 amide bonds. The van der Waals surface area contributed by atoms with E-state index in [9.17, 15) is 0 Å². The summed E-state index contributed by atoms with van der Waals surface area (Å²) in [4.78, 5) is 8.52. The highest BCUT2D eigenvalue weighted by atomic mass is 15.0. The lowest BCUT2D eigenvalue weighted by molar-refractivity contribution is 1.17. The van der Waals surface area contributed by atoms with Crippen LogP contribution in [0.25, 0.3) is 16.8 Å². The summed E-state index contributed by atoms with van der Waals surface area (Å²) in [6.07, 6.45) is 7.64. The first-order chi connectivity index (χ1) is 8.84. The number of aryl methyl sites for hydroxylation is 1. The van der Waals surface area contributed by atoms with E-state index in [1.807, 2.05) is 49.7 Å². The average molecular weight is 239 g/mol. The van der Waals surface area contributed by atoms with Crippen LogP contribution in [0.3, 0.4) is 0 Å². The zero-order valence-corrected chi connectivity index (χ0v) is 11.0. The van der Waals surface area contributed by atoms with E-state index in [4.69, 9.17) is 0 Å². The first-order valence-electron chi connectivity index (χ1n) is 6.19. The fourth-order valence-corrected chi connectivity index (χ4v) is 1.87. The van der Waals surface area contributed by atoms with Gasteiger partial charge in [0.25, 0.3) is 0 Å². The molecule has 3 heterocycles. The summed E-state index contributed by atoms with van der Waals surface area (Å²) in [5.74, 6) is 0. The molecule has 0 N–H and O–H groups in total. The first kappa shape index (κ1) is 12.3. The molecule has 0 saturated heterocycles. The quantitative estimate of drug-likeness (QED) is 0.647. The summed E-state index contributed by atoms with van der Waals surface area (Å²) in [5.41, 5.74) is 4.33. The third-order valence-corrected chi connectivity index (χ3v) is 2.71. The predicted molar refractivity (Wildman–Crippen MR) is 74.5 cm³/mol. The van der Waals surface area contributed by atoms with Crippen LogP contribution in [0.15, 0.2) is 49.1 Å². The second-order valence-electron chi connectivity index (χ2n) is 3.75. The highest BCUT2D eigenvalue weighted by molar-refractivity contribution is 5.66. The van der Waals surface area contributed by atoms with Gasteiger partial charge in [-0.3, -0.25) is 4.98 Å². The third-order valence-electron chi connectivity index (χ3n) is 2.71. The van der Waals surface area contributed by atoms with Gasteiger partial charge >= 0.3 is 0 Å². The van der Waals surface area contributed by atoms with Crippen LogP contribution in [-0.2, 0) is 0 Å². The number of hydrogen-bond acceptors (Lipinski definition) is 2. The van der Waals surface area contributed by atoms with Crippen molar-refractivity contribution >= 4 is 5.65 Å². The molecule has 3 heteroatoms. The van der Waals surface area contributed by atoms with Crippen molar-refractivity contribution in [2.45, 2.75) is 20.8 Å². The standard InChI is InChI=1S/C13H11N3.C2H6/c1-10-12(3-2-6-14-10)11-4-5-13-15-7-8-16(13)9-11;1-2/h2-9H,1H3;1-2H3. The Morgan fingerprint density at radius 2 is 1.83 bits per heavy atom. The van der Waals surface area contributed by atoms with Gasteiger partial charge in [0.05, 0.1) is 0 Å². The van der Waals surface area contributed by atoms with Crippen molar-refractivity contribution in [2.24, 2.45) is 0 Å². The Morgan fingerprint density at radius 3 is 2.61 bits per heavy atom. The maximum absolute atomic E-state index is 4.30. The number of aromatic nitrogens is 3. The van der Waals surface area contributed by atoms with Gasteiger partial charge in [0, 0.05) is 41.6 Å². The third kappa shape index (κ3) is 2.25. The molecule has 0 aliphatic rings. The lowest BCUT2D eigenvalue weighted by atomic mass is 10.1. The maximum Gasteiger partial charge on any atom is 0.136 e. The largest absolute Gasteiger partial charge is 0.306 e. The van der Waals surface area contributed by atoms with Crippen LogP contribution in [0.1, 0.15) is 19.5 Å². The SMILES string of the molecule is CC.Cc1ncccc1-c1ccc2nccn2c1. The van der Waals surface area contributed by atoms with Crippen LogP contribution in [0.4, 0.5) is 0 Å². The number of imidazole rings is 1. The van der Waals surface area contributed by atoms with E-state index < -0.39 is 0 Å². The molecule has 3 aromatic rings. The van der Waals surface area contributed by atoms with E-state index in [0.717, 1.165) is 22.5 Å². The lowest BCUT2D eigenvalue weighted by Crippen LogP contribution is -1.89. The minimum absolute atomic E-state index is 0.963. The van der Waals surface area contributed by atoms with Gasteiger partial charge in [0.15, 0.2) is 0 Å². The smallest absolute Gasteiger partial charge is 0.136 e. The molecule has 0 aliphatic heterocycles. The van der Waals surface area contributed by atoms with Gasteiger partial charge in [-0.15, -0.1) is 0 Å². The van der Waals surface area contributed by atoms with Crippen molar-refractivity contribution in [2.75, 3.05) is 0 Å². The highest BCUT2D eigenvalue weighted by Crippen LogP contribution is 2.21. The van der Waals surface area contributed by atoms with Gasteiger partial charge in [0.2, 0.25) is 0 Å². The molecule has 0 saturated carbocycles. The Morgan fingerprint density at radius 1 is 1.00 bits per heavy atom.